The van der Waals surface area contributed by atoms with Gasteiger partial charge in [-0.05, 0) is 135 Å². The highest BCUT2D eigenvalue weighted by Crippen LogP contribution is 2.71. The van der Waals surface area contributed by atoms with E-state index in [1.54, 1.807) is 13.8 Å². The number of aliphatic hydroxyl groups is 2. The first-order valence-corrected chi connectivity index (χ1v) is 26.3. The van der Waals surface area contributed by atoms with Gasteiger partial charge in [0.05, 0.1) is 30.0 Å². The molecule has 0 radical (unpaired) electrons. The Morgan fingerprint density at radius 3 is 1.88 bits per heavy atom. The summed E-state index contributed by atoms with van der Waals surface area (Å²) in [5.41, 5.74) is -0.935. The molecule has 1 saturated heterocycles. The minimum absolute atomic E-state index is 0.00612. The van der Waals surface area contributed by atoms with Gasteiger partial charge < -0.3 is 23.8 Å². The second kappa shape index (κ2) is 15.5. The number of ether oxygens (including phenoxy) is 1. The molecule has 7 heteroatoms. The van der Waals surface area contributed by atoms with E-state index in [1.807, 2.05) is 0 Å². The van der Waals surface area contributed by atoms with E-state index in [9.17, 15) is 10.2 Å². The molecule has 3 aliphatic carbocycles. The molecule has 0 aromatic carbocycles. The van der Waals surface area contributed by atoms with Crippen molar-refractivity contribution < 1.29 is 23.8 Å². The van der Waals surface area contributed by atoms with Crippen LogP contribution in [-0.4, -0.2) is 63.0 Å². The fraction of sp³-hybridized carbons (Fsp3) is 1.00. The predicted molar refractivity (Wildman–Crippen MR) is 211 cm³/mol. The van der Waals surface area contributed by atoms with E-state index in [4.69, 9.17) is 13.6 Å². The Bertz CT molecular complexity index is 1050. The number of hydrogen-bond donors (Lipinski definition) is 2. The molecule has 2 unspecified atom stereocenters. The normalized spacial score (nSPS) is 40.5. The lowest BCUT2D eigenvalue weighted by Crippen LogP contribution is -2.56. The number of hydrogen-bond acceptors (Lipinski definition) is 5. The first-order chi connectivity index (χ1) is 22.8. The van der Waals surface area contributed by atoms with Crippen molar-refractivity contribution in [2.75, 3.05) is 0 Å². The summed E-state index contributed by atoms with van der Waals surface area (Å²) in [4.78, 5) is 0. The number of rotatable bonds is 15. The van der Waals surface area contributed by atoms with Gasteiger partial charge in [0, 0.05) is 5.41 Å². The van der Waals surface area contributed by atoms with Crippen molar-refractivity contribution in [2.45, 2.75) is 221 Å². The van der Waals surface area contributed by atoms with Gasteiger partial charge in [0.15, 0.2) is 16.6 Å². The van der Waals surface area contributed by atoms with Gasteiger partial charge in [0.1, 0.15) is 6.10 Å². The Morgan fingerprint density at radius 1 is 0.796 bits per heavy atom. The molecule has 3 saturated carbocycles. The van der Waals surface area contributed by atoms with Crippen LogP contribution in [0.15, 0.2) is 0 Å². The third-order valence-electron chi connectivity index (χ3n) is 16.7. The van der Waals surface area contributed by atoms with Crippen LogP contribution in [0.25, 0.3) is 0 Å². The maximum Gasteiger partial charge on any atom is 0.192 e. The van der Waals surface area contributed by atoms with Crippen molar-refractivity contribution in [1.29, 1.82) is 0 Å². The quantitative estimate of drug-likeness (QED) is 0.165. The fourth-order valence-electron chi connectivity index (χ4n) is 12.7. The Kier molecular flexibility index (Phi) is 13.3. The molecule has 0 aromatic heterocycles. The van der Waals surface area contributed by atoms with Crippen LogP contribution >= 0.6 is 0 Å². The minimum atomic E-state index is -1.99. The minimum Gasteiger partial charge on any atom is -0.413 e. The third kappa shape index (κ3) is 7.38. The maximum atomic E-state index is 11.4. The third-order valence-corrected chi connectivity index (χ3v) is 26.0. The van der Waals surface area contributed by atoms with E-state index in [0.29, 0.717) is 35.7 Å². The summed E-state index contributed by atoms with van der Waals surface area (Å²) in [5, 5.41) is 22.3. The second-order valence-electron chi connectivity index (χ2n) is 19.5. The Balaban J connectivity index is 1.71. The zero-order chi connectivity index (χ0) is 36.8. The molecule has 0 aromatic rings. The molecule has 0 spiro atoms. The average molecular weight is 723 g/mol. The molecule has 49 heavy (non-hydrogen) atoms. The molecular weight excluding hydrogens is 641 g/mol. The summed E-state index contributed by atoms with van der Waals surface area (Å²) in [5.74, 6) is 2.73. The topological polar surface area (TPSA) is 68.2 Å². The average Bonchev–Trinajstić information content (AvgIpc) is 3.25. The first-order valence-electron chi connectivity index (χ1n) is 21.2. The lowest BCUT2D eigenvalue weighted by molar-refractivity contribution is -0.200. The lowest BCUT2D eigenvalue weighted by atomic mass is 9.49. The van der Waals surface area contributed by atoms with E-state index in [-0.39, 0.29) is 34.6 Å². The summed E-state index contributed by atoms with van der Waals surface area (Å²) in [6.07, 6.45) is 8.63. The van der Waals surface area contributed by atoms with Crippen LogP contribution in [0.1, 0.15) is 148 Å². The molecule has 5 nitrogen and oxygen atoms in total. The molecule has 1 heterocycles. The summed E-state index contributed by atoms with van der Waals surface area (Å²) in [6, 6.07) is 7.06. The van der Waals surface area contributed by atoms with E-state index < -0.39 is 28.3 Å². The molecule has 4 rings (SSSR count). The summed E-state index contributed by atoms with van der Waals surface area (Å²) >= 11 is 0. The summed E-state index contributed by atoms with van der Waals surface area (Å²) in [6.45, 7) is 32.9. The smallest absolute Gasteiger partial charge is 0.192 e. The lowest BCUT2D eigenvalue weighted by Gasteiger charge is -2.57. The molecule has 0 bridgehead atoms. The molecule has 4 fully saturated rings. The number of fused-ring (bicyclic) bond motifs is 3. The fourth-order valence-corrected chi connectivity index (χ4v) is 18.6. The van der Waals surface area contributed by atoms with Crippen molar-refractivity contribution in [3.63, 3.8) is 0 Å². The van der Waals surface area contributed by atoms with E-state index >= 15 is 0 Å². The van der Waals surface area contributed by atoms with Crippen LogP contribution < -0.4 is 0 Å². The van der Waals surface area contributed by atoms with Gasteiger partial charge in [-0.2, -0.15) is 0 Å². The zero-order valence-corrected chi connectivity index (χ0v) is 36.8. The SMILES string of the molecule is CC[Si](CC)(CC)O[C@H]1CCC(C)[C@@H](CC[C@@H]2CCC[C@]3(C)C4[C@H](C)C[C@H]([C@H](O)C(C)(C)O)O[C@@H]4[C@H](O[Si](CC)(CC)CC)[C@@]23C)C1(C)C. The zero-order valence-electron chi connectivity index (χ0n) is 34.8. The summed E-state index contributed by atoms with van der Waals surface area (Å²) < 4.78 is 22.2. The van der Waals surface area contributed by atoms with Crippen LogP contribution in [0.4, 0.5) is 0 Å². The molecule has 0 amide bonds. The molecule has 12 atom stereocenters. The van der Waals surface area contributed by atoms with Gasteiger partial charge >= 0.3 is 0 Å². The molecular formula is C42H82O5Si2. The molecule has 2 N–H and O–H groups in total. The molecule has 288 valence electrons. The van der Waals surface area contributed by atoms with E-state index in [1.165, 1.54) is 63.1 Å². The number of aliphatic hydroxyl groups excluding tert-OH is 1. The van der Waals surface area contributed by atoms with Gasteiger partial charge in [-0.3, -0.25) is 0 Å². The van der Waals surface area contributed by atoms with Gasteiger partial charge in [-0.1, -0.05) is 89.5 Å². The highest BCUT2D eigenvalue weighted by molar-refractivity contribution is 6.74. The van der Waals surface area contributed by atoms with Crippen molar-refractivity contribution in [3.8, 4) is 0 Å². The molecule has 4 aliphatic rings. The Labute approximate surface area is 306 Å². The van der Waals surface area contributed by atoms with Gasteiger partial charge in [-0.15, -0.1) is 0 Å². The van der Waals surface area contributed by atoms with Crippen molar-refractivity contribution in [1.82, 2.24) is 0 Å². The largest absolute Gasteiger partial charge is 0.413 e. The van der Waals surface area contributed by atoms with Crippen molar-refractivity contribution in [2.24, 2.45) is 45.8 Å². The van der Waals surface area contributed by atoms with Gasteiger partial charge in [0.2, 0.25) is 0 Å². The van der Waals surface area contributed by atoms with E-state index in [2.05, 4.69) is 83.1 Å². The predicted octanol–water partition coefficient (Wildman–Crippen LogP) is 11.0. The van der Waals surface area contributed by atoms with E-state index in [0.717, 1.165) is 24.6 Å². The van der Waals surface area contributed by atoms with Crippen LogP contribution in [0.2, 0.25) is 36.3 Å². The van der Waals surface area contributed by atoms with Gasteiger partial charge in [-0.25, -0.2) is 0 Å². The highest BCUT2D eigenvalue weighted by atomic mass is 28.4. The summed E-state index contributed by atoms with van der Waals surface area (Å²) in [7, 11) is -3.68. The molecule has 1 aliphatic heterocycles. The standard InChI is InChI=1S/C42H82O5Si2/c1-15-48(16-2,17-3)46-34-26-23-29(7)32(39(34,9)10)25-24-31-22-21-27-41(13)35-30(8)28-33(37(43)40(11,12)44)45-36(35)38(42(31,41)14)47-49(18-4,19-5)20-6/h29-38,43-44H,15-28H2,1-14H3/t29?,30-,31+,32-,33-,34+,35?,36+,37+,38+,41-,42-/m1/s1. The van der Waals surface area contributed by atoms with Crippen molar-refractivity contribution >= 4 is 16.6 Å². The van der Waals surface area contributed by atoms with Gasteiger partial charge in [0.25, 0.3) is 0 Å². The highest BCUT2D eigenvalue weighted by Gasteiger charge is 2.71. The Hall–Kier alpha value is 0.234. The maximum absolute atomic E-state index is 11.4. The first kappa shape index (κ1) is 42.0. The van der Waals surface area contributed by atoms with Crippen LogP contribution in [0, 0.1) is 45.8 Å². The van der Waals surface area contributed by atoms with Crippen LogP contribution in [-0.2, 0) is 13.6 Å². The van der Waals surface area contributed by atoms with Crippen LogP contribution in [0.5, 0.6) is 0 Å². The second-order valence-corrected chi connectivity index (χ2v) is 28.9. The van der Waals surface area contributed by atoms with Crippen LogP contribution in [0.3, 0.4) is 0 Å². The monoisotopic (exact) mass is 723 g/mol. The Morgan fingerprint density at radius 2 is 1.35 bits per heavy atom. The van der Waals surface area contributed by atoms with Crippen molar-refractivity contribution in [3.05, 3.63) is 0 Å².